The van der Waals surface area contributed by atoms with Crippen LogP contribution in [0.2, 0.25) is 0 Å². The second kappa shape index (κ2) is 14.4. The first-order valence-electron chi connectivity index (χ1n) is 13.2. The summed E-state index contributed by atoms with van der Waals surface area (Å²) in [5.41, 5.74) is 8.41. The van der Waals surface area contributed by atoms with Gasteiger partial charge in [-0.3, -0.25) is 14.4 Å². The highest BCUT2D eigenvalue weighted by molar-refractivity contribution is 9.10. The van der Waals surface area contributed by atoms with Crippen LogP contribution < -0.4 is 32.3 Å². The number of nitrogens with zero attached hydrogens (tertiary/aromatic N) is 2. The van der Waals surface area contributed by atoms with Crippen molar-refractivity contribution in [2.75, 3.05) is 29.0 Å². The zero-order valence-corrected chi connectivity index (χ0v) is 23.5. The molecule has 1 saturated heterocycles. The fourth-order valence-electron chi connectivity index (χ4n) is 4.20. The number of benzene rings is 2. The number of halogens is 1. The van der Waals surface area contributed by atoms with E-state index in [2.05, 4.69) is 52.5 Å². The number of amides is 3. The van der Waals surface area contributed by atoms with Crippen molar-refractivity contribution in [3.8, 4) is 0 Å². The van der Waals surface area contributed by atoms with E-state index in [0.717, 1.165) is 5.56 Å². The number of hydrogen-bond donors (Lipinski definition) is 6. The molecule has 7 N–H and O–H groups in total. The van der Waals surface area contributed by atoms with Gasteiger partial charge in [0.15, 0.2) is 0 Å². The number of carbonyl (C=O) groups is 3. The lowest BCUT2D eigenvalue weighted by atomic mass is 10.1. The summed E-state index contributed by atoms with van der Waals surface area (Å²) >= 11 is 3.46. The summed E-state index contributed by atoms with van der Waals surface area (Å²) in [5, 5.41) is 14.9. The quantitative estimate of drug-likeness (QED) is 0.161. The zero-order chi connectivity index (χ0) is 28.3. The molecule has 11 nitrogen and oxygen atoms in total. The van der Waals surface area contributed by atoms with Gasteiger partial charge in [0.1, 0.15) is 5.82 Å². The molecule has 0 spiro atoms. The SMILES string of the molecule is N[C@H](Cc1ccccc1)C(=O)Nc1cccc(Nc2ncc(Br)c(NCCCNC(=O)CC3CCC(=O)N3)n2)c1. The highest BCUT2D eigenvalue weighted by Gasteiger charge is 2.22. The van der Waals surface area contributed by atoms with Crippen LogP contribution in [-0.2, 0) is 20.8 Å². The molecule has 0 saturated carbocycles. The van der Waals surface area contributed by atoms with Crippen LogP contribution in [-0.4, -0.2) is 52.9 Å². The van der Waals surface area contributed by atoms with E-state index in [4.69, 9.17) is 5.73 Å². The van der Waals surface area contributed by atoms with E-state index in [-0.39, 0.29) is 23.8 Å². The Morgan fingerprint density at radius 3 is 2.67 bits per heavy atom. The van der Waals surface area contributed by atoms with E-state index < -0.39 is 6.04 Å². The fraction of sp³-hybridized carbons (Fsp3) is 0.321. The number of hydrogen-bond acceptors (Lipinski definition) is 8. The molecule has 0 radical (unpaired) electrons. The van der Waals surface area contributed by atoms with Crippen LogP contribution in [0.5, 0.6) is 0 Å². The minimum atomic E-state index is -0.675. The molecule has 12 heteroatoms. The predicted octanol–water partition coefficient (Wildman–Crippen LogP) is 3.08. The smallest absolute Gasteiger partial charge is 0.241 e. The van der Waals surface area contributed by atoms with E-state index in [9.17, 15) is 14.4 Å². The Balaban J connectivity index is 1.23. The Labute approximate surface area is 241 Å². The summed E-state index contributed by atoms with van der Waals surface area (Å²) in [6.45, 7) is 1.09. The predicted molar refractivity (Wildman–Crippen MR) is 158 cm³/mol. The largest absolute Gasteiger partial charge is 0.369 e. The molecule has 2 heterocycles. The molecule has 3 amide bonds. The molecule has 1 aliphatic heterocycles. The van der Waals surface area contributed by atoms with Crippen LogP contribution in [0, 0.1) is 0 Å². The van der Waals surface area contributed by atoms with Crippen molar-refractivity contribution in [3.05, 3.63) is 70.8 Å². The first kappa shape index (κ1) is 29.0. The number of nitrogens with one attached hydrogen (secondary N) is 5. The third-order valence-corrected chi connectivity index (χ3v) is 6.83. The third-order valence-electron chi connectivity index (χ3n) is 6.25. The highest BCUT2D eigenvalue weighted by atomic mass is 79.9. The first-order chi connectivity index (χ1) is 19.4. The lowest BCUT2D eigenvalue weighted by Crippen LogP contribution is -2.37. The molecule has 0 aliphatic carbocycles. The number of nitrogens with two attached hydrogens (primary N) is 1. The third kappa shape index (κ3) is 9.02. The van der Waals surface area contributed by atoms with Crippen molar-refractivity contribution in [3.63, 3.8) is 0 Å². The Morgan fingerprint density at radius 2 is 1.90 bits per heavy atom. The number of rotatable bonds is 13. The maximum absolute atomic E-state index is 12.6. The molecule has 0 bridgehead atoms. The van der Waals surface area contributed by atoms with E-state index in [1.807, 2.05) is 42.5 Å². The van der Waals surface area contributed by atoms with Gasteiger partial charge < -0.3 is 32.3 Å². The minimum Gasteiger partial charge on any atom is -0.369 e. The highest BCUT2D eigenvalue weighted by Crippen LogP contribution is 2.23. The lowest BCUT2D eigenvalue weighted by Gasteiger charge is -2.14. The molecule has 1 aromatic heterocycles. The molecule has 2 atom stereocenters. The van der Waals surface area contributed by atoms with Gasteiger partial charge >= 0.3 is 0 Å². The molecular formula is C28H33BrN8O3. The van der Waals surface area contributed by atoms with E-state index in [1.54, 1.807) is 18.3 Å². The molecule has 2 aromatic carbocycles. The molecule has 210 valence electrons. The van der Waals surface area contributed by atoms with Crippen molar-refractivity contribution < 1.29 is 14.4 Å². The van der Waals surface area contributed by atoms with Gasteiger partial charge in [0.05, 0.1) is 10.5 Å². The molecule has 1 unspecified atom stereocenters. The Kier molecular flexibility index (Phi) is 10.4. The molecule has 4 rings (SSSR count). The van der Waals surface area contributed by atoms with Gasteiger partial charge in [0, 0.05) is 49.5 Å². The first-order valence-corrected chi connectivity index (χ1v) is 13.9. The second-order valence-electron chi connectivity index (χ2n) is 9.52. The summed E-state index contributed by atoms with van der Waals surface area (Å²) in [6, 6.07) is 16.1. The van der Waals surface area contributed by atoms with E-state index >= 15 is 0 Å². The van der Waals surface area contributed by atoms with Crippen molar-refractivity contribution in [2.24, 2.45) is 5.73 Å². The average Bonchev–Trinajstić information content (AvgIpc) is 3.35. The number of anilines is 4. The topological polar surface area (TPSA) is 163 Å². The Bertz CT molecular complexity index is 1320. The lowest BCUT2D eigenvalue weighted by molar-refractivity contribution is -0.122. The van der Waals surface area contributed by atoms with Gasteiger partial charge in [-0.05, 0) is 59.0 Å². The van der Waals surface area contributed by atoms with Crippen molar-refractivity contribution in [2.45, 2.75) is 44.2 Å². The van der Waals surface area contributed by atoms with Crippen molar-refractivity contribution >= 4 is 56.8 Å². The van der Waals surface area contributed by atoms with E-state index in [0.29, 0.717) is 72.8 Å². The van der Waals surface area contributed by atoms with E-state index in [1.165, 1.54) is 0 Å². The van der Waals surface area contributed by atoms with Gasteiger partial charge in [-0.2, -0.15) is 4.98 Å². The number of aromatic nitrogens is 2. The summed E-state index contributed by atoms with van der Waals surface area (Å²) in [5.74, 6) is 0.646. The fourth-order valence-corrected chi connectivity index (χ4v) is 4.53. The molecular weight excluding hydrogens is 576 g/mol. The van der Waals surface area contributed by atoms with Crippen LogP contribution in [0.15, 0.2) is 65.3 Å². The average molecular weight is 610 g/mol. The molecule has 40 heavy (non-hydrogen) atoms. The van der Waals surface area contributed by atoms with Crippen molar-refractivity contribution in [1.82, 2.24) is 20.6 Å². The Hall–Kier alpha value is -4.03. The summed E-state index contributed by atoms with van der Waals surface area (Å²) in [7, 11) is 0. The minimum absolute atomic E-state index is 0.00465. The van der Waals surface area contributed by atoms with Gasteiger partial charge in [-0.25, -0.2) is 4.98 Å². The standard InChI is InChI=1S/C28H33BrN8O3/c29-22-17-33-28(37-26(22)32-13-5-12-31-25(39)16-21-10-11-24(38)34-21)36-20-9-4-8-19(15-20)35-27(40)23(30)14-18-6-2-1-3-7-18/h1-4,6-9,15,17,21,23H,5,10-14,16,30H2,(H,31,39)(H,34,38)(H,35,40)(H2,32,33,36,37)/t21?,23-/m1/s1. The van der Waals surface area contributed by atoms with Crippen LogP contribution >= 0.6 is 15.9 Å². The van der Waals surface area contributed by atoms with Crippen LogP contribution in [0.1, 0.15) is 31.2 Å². The molecule has 1 aliphatic rings. The monoisotopic (exact) mass is 608 g/mol. The van der Waals surface area contributed by atoms with Gasteiger partial charge in [0.2, 0.25) is 23.7 Å². The van der Waals surface area contributed by atoms with Gasteiger partial charge in [-0.15, -0.1) is 0 Å². The Morgan fingerprint density at radius 1 is 1.10 bits per heavy atom. The number of carbonyl (C=O) groups excluding carboxylic acids is 3. The molecule has 1 fully saturated rings. The second-order valence-corrected chi connectivity index (χ2v) is 10.4. The van der Waals surface area contributed by atoms with Crippen molar-refractivity contribution in [1.29, 1.82) is 0 Å². The van der Waals surface area contributed by atoms with Crippen LogP contribution in [0.3, 0.4) is 0 Å². The normalized spacial score (nSPS) is 15.2. The van der Waals surface area contributed by atoms with Gasteiger partial charge in [0.25, 0.3) is 0 Å². The van der Waals surface area contributed by atoms with Gasteiger partial charge in [-0.1, -0.05) is 36.4 Å². The summed E-state index contributed by atoms with van der Waals surface area (Å²) in [6.07, 6.45) is 4.27. The van der Waals surface area contributed by atoms with Crippen LogP contribution in [0.4, 0.5) is 23.1 Å². The zero-order valence-electron chi connectivity index (χ0n) is 22.0. The maximum Gasteiger partial charge on any atom is 0.241 e. The summed E-state index contributed by atoms with van der Waals surface area (Å²) < 4.78 is 0.701. The van der Waals surface area contributed by atoms with Crippen LogP contribution in [0.25, 0.3) is 0 Å². The molecule has 3 aromatic rings. The maximum atomic E-state index is 12.6. The summed E-state index contributed by atoms with van der Waals surface area (Å²) in [4.78, 5) is 44.8.